The average molecular weight is 519 g/mol. The molecule has 8 heteroatoms. The first kappa shape index (κ1) is 24.2. The Morgan fingerprint density at radius 3 is 2.58 bits per heavy atom. The van der Waals surface area contributed by atoms with Crippen LogP contribution in [-0.2, 0) is 9.59 Å². The lowest BCUT2D eigenvalue weighted by Crippen LogP contribution is -2.58. The van der Waals surface area contributed by atoms with Gasteiger partial charge >= 0.3 is 0 Å². The van der Waals surface area contributed by atoms with E-state index in [-0.39, 0.29) is 29.5 Å². The number of likely N-dealkylation sites (tertiary alicyclic amines) is 1. The summed E-state index contributed by atoms with van der Waals surface area (Å²) in [5.74, 6) is 0.0348. The minimum atomic E-state index is -1.16. The molecule has 0 aromatic heterocycles. The number of carbonyl (C=O) groups is 2. The summed E-state index contributed by atoms with van der Waals surface area (Å²) >= 11 is 0. The van der Waals surface area contributed by atoms with Crippen molar-refractivity contribution >= 4 is 24.0 Å². The Kier molecular flexibility index (Phi) is 5.49. The molecule has 3 atom stereocenters. The monoisotopic (exact) mass is 518 g/mol. The number of hydrogen-bond donors (Lipinski definition) is 3. The molecule has 0 radical (unpaired) electrons. The maximum Gasteiger partial charge on any atom is 0.254 e. The second-order valence-corrected chi connectivity index (χ2v) is 12.2. The van der Waals surface area contributed by atoms with Crippen molar-refractivity contribution in [2.24, 2.45) is 17.6 Å². The van der Waals surface area contributed by atoms with Gasteiger partial charge in [0, 0.05) is 37.0 Å². The molecule has 2 amide bonds. The van der Waals surface area contributed by atoms with Gasteiger partial charge in [-0.2, -0.15) is 0 Å². The highest BCUT2D eigenvalue weighted by Gasteiger charge is 2.61. The van der Waals surface area contributed by atoms with Crippen molar-refractivity contribution in [1.29, 1.82) is 0 Å². The fourth-order valence-corrected chi connectivity index (χ4v) is 6.55. The molecule has 2 heterocycles. The van der Waals surface area contributed by atoms with E-state index >= 15 is 4.39 Å². The smallest absolute Gasteiger partial charge is 0.254 e. The maximum absolute atomic E-state index is 15.7. The highest BCUT2D eigenvalue weighted by molar-refractivity contribution is 5.92. The van der Waals surface area contributed by atoms with Crippen molar-refractivity contribution in [3.05, 3.63) is 57.8 Å². The number of amides is 2. The number of nitrogens with zero attached hydrogens (tertiary/aromatic N) is 2. The Hall–Kier alpha value is -2.81. The van der Waals surface area contributed by atoms with Crippen molar-refractivity contribution < 1.29 is 19.1 Å². The number of nitrogens with one attached hydrogen (secondary N) is 1. The Morgan fingerprint density at radius 2 is 1.89 bits per heavy atom. The number of nitrogens with two attached hydrogens (primary N) is 1. The number of rotatable bonds is 6. The third kappa shape index (κ3) is 3.96. The number of halogens is 1. The van der Waals surface area contributed by atoms with E-state index in [1.807, 2.05) is 6.08 Å². The summed E-state index contributed by atoms with van der Waals surface area (Å²) < 4.78 is 15.7. The molecule has 1 aromatic carbocycles. The summed E-state index contributed by atoms with van der Waals surface area (Å²) in [6, 6.07) is 6.36. The van der Waals surface area contributed by atoms with Crippen molar-refractivity contribution in [3.8, 4) is 0 Å². The molecular weight excluding hydrogens is 483 g/mol. The first-order valence-corrected chi connectivity index (χ1v) is 14.0. The van der Waals surface area contributed by atoms with Crippen molar-refractivity contribution in [1.82, 2.24) is 15.1 Å². The summed E-state index contributed by atoms with van der Waals surface area (Å²) in [6.07, 6.45) is 11.8. The Morgan fingerprint density at radius 1 is 1.11 bits per heavy atom. The molecule has 7 nitrogen and oxygen atoms in total. The summed E-state index contributed by atoms with van der Waals surface area (Å²) in [5.41, 5.74) is 5.76. The van der Waals surface area contributed by atoms with Gasteiger partial charge in [0.25, 0.3) is 5.91 Å². The van der Waals surface area contributed by atoms with Gasteiger partial charge in [0.2, 0.25) is 5.91 Å². The first-order chi connectivity index (χ1) is 18.3. The number of allylic oxidation sites excluding steroid dienone is 2. The molecule has 38 heavy (non-hydrogen) atoms. The molecule has 0 bridgehead atoms. The zero-order valence-corrected chi connectivity index (χ0v) is 21.5. The van der Waals surface area contributed by atoms with E-state index in [0.717, 1.165) is 24.8 Å². The summed E-state index contributed by atoms with van der Waals surface area (Å²) in [4.78, 5) is 29.2. The van der Waals surface area contributed by atoms with Crippen LogP contribution in [0.2, 0.25) is 0 Å². The largest absolute Gasteiger partial charge is 0.380 e. The lowest BCUT2D eigenvalue weighted by atomic mass is 9.87. The molecule has 1 spiro atoms. The molecule has 4 aliphatic carbocycles. The maximum atomic E-state index is 15.7. The summed E-state index contributed by atoms with van der Waals surface area (Å²) in [5, 5.41) is 15.9. The van der Waals surface area contributed by atoms with Crippen molar-refractivity contribution in [2.75, 3.05) is 26.2 Å². The van der Waals surface area contributed by atoms with Crippen molar-refractivity contribution in [3.63, 3.8) is 0 Å². The predicted octanol–water partition coefficient (Wildman–Crippen LogP) is 0.767. The van der Waals surface area contributed by atoms with Crippen LogP contribution in [0.5, 0.6) is 0 Å². The van der Waals surface area contributed by atoms with Crippen LogP contribution in [0.3, 0.4) is 0 Å². The van der Waals surface area contributed by atoms with Gasteiger partial charge in [-0.15, -0.1) is 0 Å². The van der Waals surface area contributed by atoms with Gasteiger partial charge in [0.1, 0.15) is 23.1 Å². The lowest BCUT2D eigenvalue weighted by molar-refractivity contribution is -0.150. The van der Waals surface area contributed by atoms with Gasteiger partial charge in [-0.25, -0.2) is 4.39 Å². The van der Waals surface area contributed by atoms with Crippen LogP contribution in [0.4, 0.5) is 4.39 Å². The van der Waals surface area contributed by atoms with E-state index in [2.05, 4.69) is 35.7 Å². The van der Waals surface area contributed by atoms with Crippen LogP contribution >= 0.6 is 0 Å². The number of hydrogen-bond acceptors (Lipinski definition) is 5. The van der Waals surface area contributed by atoms with Crippen molar-refractivity contribution in [2.45, 2.75) is 61.7 Å². The molecule has 6 aliphatic rings. The summed E-state index contributed by atoms with van der Waals surface area (Å²) in [6.45, 7) is 2.18. The predicted molar refractivity (Wildman–Crippen MR) is 141 cm³/mol. The van der Waals surface area contributed by atoms with Gasteiger partial charge in [0.15, 0.2) is 0 Å². The Balaban J connectivity index is 1.06. The van der Waals surface area contributed by atoms with E-state index in [1.165, 1.54) is 10.4 Å². The number of carbonyl (C=O) groups excluding carboxylic acids is 2. The highest BCUT2D eigenvalue weighted by atomic mass is 19.1. The minimum absolute atomic E-state index is 0.0428. The normalized spacial score (nSPS) is 30.6. The van der Waals surface area contributed by atoms with Crippen LogP contribution in [-0.4, -0.2) is 70.2 Å². The number of aliphatic hydroxyl groups is 1. The standard InChI is InChI=1S/C30H35FN4O3/c31-25-13-23(22-4-3-20-11-18(14-32)1-2-21(20)12-22)5-6-24(25)26-33-29(7-8-29)27(36)35(26)17-19-15-34(16-19)28(37)30(38)9-10-30/h2-4,6,11-13,18-19,23,26,33,38H,1,5,7-10,14-17,32H2. The minimum Gasteiger partial charge on any atom is -0.380 e. The van der Waals surface area contributed by atoms with Crippen LogP contribution in [0, 0.1) is 11.8 Å². The van der Waals surface area contributed by atoms with Gasteiger partial charge < -0.3 is 20.6 Å². The van der Waals surface area contributed by atoms with E-state index < -0.39 is 17.3 Å². The molecule has 2 saturated carbocycles. The quantitative estimate of drug-likeness (QED) is 0.517. The molecule has 7 rings (SSSR count). The molecule has 4 fully saturated rings. The lowest BCUT2D eigenvalue weighted by Gasteiger charge is -2.43. The van der Waals surface area contributed by atoms with Crippen LogP contribution < -0.4 is 21.5 Å². The highest BCUT2D eigenvalue weighted by Crippen LogP contribution is 2.46. The molecular formula is C30H35FN4O3. The zero-order valence-electron chi connectivity index (χ0n) is 21.5. The molecule has 4 N–H and O–H groups in total. The van der Waals surface area contributed by atoms with E-state index in [1.54, 1.807) is 15.9 Å². The third-order valence-electron chi connectivity index (χ3n) is 9.37. The van der Waals surface area contributed by atoms with Gasteiger partial charge in [-0.3, -0.25) is 14.9 Å². The molecule has 3 unspecified atom stereocenters. The average Bonchev–Trinajstić information content (AvgIpc) is 3.82. The SMILES string of the molecule is NCC1C=c2ccc(C3C=C(F)C(C4NC5(CC5)C(=O)N4CC4CN(C(=O)C5(O)CC5)C4)=CC3)cc2=CC1. The topological polar surface area (TPSA) is 98.9 Å². The number of benzene rings is 1. The molecule has 2 saturated heterocycles. The van der Waals surface area contributed by atoms with Crippen LogP contribution in [0.1, 0.15) is 50.0 Å². The summed E-state index contributed by atoms with van der Waals surface area (Å²) in [7, 11) is 0. The van der Waals surface area contributed by atoms with E-state index in [0.29, 0.717) is 56.9 Å². The molecule has 200 valence electrons. The Bertz CT molecular complexity index is 1390. The van der Waals surface area contributed by atoms with Gasteiger partial charge in [-0.05, 0) is 73.1 Å². The fraction of sp³-hybridized carbons (Fsp3) is 0.533. The van der Waals surface area contributed by atoms with E-state index in [9.17, 15) is 14.7 Å². The third-order valence-corrected chi connectivity index (χ3v) is 9.37. The number of fused-ring (bicyclic) bond motifs is 1. The second-order valence-electron chi connectivity index (χ2n) is 12.2. The van der Waals surface area contributed by atoms with Crippen LogP contribution in [0.25, 0.3) is 12.2 Å². The second kappa shape index (κ2) is 8.60. The van der Waals surface area contributed by atoms with Gasteiger partial charge in [-0.1, -0.05) is 36.4 Å². The first-order valence-electron chi connectivity index (χ1n) is 14.0. The van der Waals surface area contributed by atoms with Gasteiger partial charge in [0.05, 0.1) is 0 Å². The molecule has 2 aliphatic heterocycles. The van der Waals surface area contributed by atoms with Crippen LogP contribution in [0.15, 0.2) is 41.8 Å². The zero-order chi connectivity index (χ0) is 26.2. The Labute approximate surface area is 221 Å². The fourth-order valence-electron chi connectivity index (χ4n) is 6.55. The van der Waals surface area contributed by atoms with E-state index in [4.69, 9.17) is 5.73 Å². The molecule has 1 aromatic rings.